The van der Waals surface area contributed by atoms with Crippen LogP contribution < -0.4 is 0 Å². The van der Waals surface area contributed by atoms with Gasteiger partial charge in [-0.25, -0.2) is 18.1 Å². The molecule has 2 fully saturated rings. The molecule has 0 unspecified atom stereocenters. The van der Waals surface area contributed by atoms with Crippen LogP contribution in [0.1, 0.15) is 12.8 Å². The van der Waals surface area contributed by atoms with Gasteiger partial charge in [0.15, 0.2) is 0 Å². The van der Waals surface area contributed by atoms with Crippen molar-refractivity contribution in [3.63, 3.8) is 0 Å². The molecule has 0 aliphatic carbocycles. The van der Waals surface area contributed by atoms with Crippen LogP contribution in [0.5, 0.6) is 0 Å². The SMILES string of the molecule is O=S(=O)(c1ccc(Sc2nnnn2C[C@H]2CCCO2)nc1)N1CCOCC1. The van der Waals surface area contributed by atoms with E-state index in [0.29, 0.717) is 43.0 Å². The third-order valence-corrected chi connectivity index (χ3v) is 7.22. The van der Waals surface area contributed by atoms with Gasteiger partial charge in [0.1, 0.15) is 9.92 Å². The lowest BCUT2D eigenvalue weighted by molar-refractivity contribution is 0.0730. The van der Waals surface area contributed by atoms with Gasteiger partial charge in [-0.1, -0.05) is 0 Å². The Bertz CT molecular complexity index is 861. The van der Waals surface area contributed by atoms with Crippen molar-refractivity contribution in [1.82, 2.24) is 29.5 Å². The Morgan fingerprint density at radius 1 is 1.22 bits per heavy atom. The summed E-state index contributed by atoms with van der Waals surface area (Å²) in [4.78, 5) is 4.45. The lowest BCUT2D eigenvalue weighted by Gasteiger charge is -2.25. The average molecular weight is 412 g/mol. The summed E-state index contributed by atoms with van der Waals surface area (Å²) in [5.41, 5.74) is 0. The van der Waals surface area contributed by atoms with E-state index in [9.17, 15) is 8.42 Å². The van der Waals surface area contributed by atoms with Crippen LogP contribution in [0, 0.1) is 0 Å². The van der Waals surface area contributed by atoms with Crippen LogP contribution in [0.25, 0.3) is 0 Å². The molecule has 1 atom stereocenters. The Kier molecular flexibility index (Phi) is 5.68. The Morgan fingerprint density at radius 3 is 2.78 bits per heavy atom. The molecule has 0 saturated carbocycles. The van der Waals surface area contributed by atoms with Crippen molar-refractivity contribution in [3.05, 3.63) is 18.3 Å². The molecule has 0 aromatic carbocycles. The summed E-state index contributed by atoms with van der Waals surface area (Å²) in [6.07, 6.45) is 3.55. The van der Waals surface area contributed by atoms with Crippen LogP contribution >= 0.6 is 11.8 Å². The van der Waals surface area contributed by atoms with E-state index in [2.05, 4.69) is 20.5 Å². The molecule has 0 N–H and O–H groups in total. The average Bonchev–Trinajstić information content (AvgIpc) is 3.36. The molecule has 2 aliphatic rings. The highest BCUT2D eigenvalue weighted by Gasteiger charge is 2.26. The number of aromatic nitrogens is 5. The molecule has 0 bridgehead atoms. The van der Waals surface area contributed by atoms with Gasteiger partial charge in [-0.3, -0.25) is 0 Å². The second-order valence-corrected chi connectivity index (χ2v) is 9.15. The number of nitrogens with zero attached hydrogens (tertiary/aromatic N) is 6. The van der Waals surface area contributed by atoms with E-state index >= 15 is 0 Å². The number of rotatable bonds is 6. The number of sulfonamides is 1. The smallest absolute Gasteiger partial charge is 0.244 e. The van der Waals surface area contributed by atoms with Crippen molar-refractivity contribution in [1.29, 1.82) is 0 Å². The van der Waals surface area contributed by atoms with Gasteiger partial charge >= 0.3 is 0 Å². The predicted octanol–water partition coefficient (Wildman–Crippen LogP) is 0.419. The third kappa shape index (κ3) is 4.29. The van der Waals surface area contributed by atoms with E-state index in [1.807, 2.05) is 0 Å². The van der Waals surface area contributed by atoms with Crippen molar-refractivity contribution in [2.24, 2.45) is 0 Å². The fourth-order valence-corrected chi connectivity index (χ4v) is 5.05. The van der Waals surface area contributed by atoms with Crippen LogP contribution in [-0.4, -0.2) is 76.9 Å². The Hall–Kier alpha value is -1.60. The number of morpholine rings is 1. The van der Waals surface area contributed by atoms with E-state index in [1.54, 1.807) is 16.8 Å². The van der Waals surface area contributed by atoms with Crippen LogP contribution in [0.2, 0.25) is 0 Å². The predicted molar refractivity (Wildman–Crippen MR) is 94.7 cm³/mol. The molecule has 2 aliphatic heterocycles. The van der Waals surface area contributed by atoms with Crippen molar-refractivity contribution in [2.75, 3.05) is 32.9 Å². The number of ether oxygens (including phenoxy) is 2. The van der Waals surface area contributed by atoms with Crippen LogP contribution in [-0.2, 0) is 26.0 Å². The monoisotopic (exact) mass is 412 g/mol. The molecule has 0 radical (unpaired) electrons. The minimum absolute atomic E-state index is 0.127. The molecule has 0 spiro atoms. The van der Waals surface area contributed by atoms with Gasteiger partial charge in [0.25, 0.3) is 0 Å². The maximum atomic E-state index is 12.6. The van der Waals surface area contributed by atoms with Crippen LogP contribution in [0.4, 0.5) is 0 Å². The number of pyridine rings is 1. The topological polar surface area (TPSA) is 112 Å². The second-order valence-electron chi connectivity index (χ2n) is 6.23. The van der Waals surface area contributed by atoms with E-state index < -0.39 is 10.0 Å². The molecular weight excluding hydrogens is 392 g/mol. The summed E-state index contributed by atoms with van der Waals surface area (Å²) in [6.45, 7) is 2.91. The number of tetrazole rings is 1. The first-order chi connectivity index (χ1) is 13.1. The molecule has 4 heterocycles. The summed E-state index contributed by atoms with van der Waals surface area (Å²) >= 11 is 1.29. The first-order valence-electron chi connectivity index (χ1n) is 8.72. The highest BCUT2D eigenvalue weighted by molar-refractivity contribution is 7.99. The summed E-state index contributed by atoms with van der Waals surface area (Å²) in [6, 6.07) is 3.23. The zero-order valence-electron chi connectivity index (χ0n) is 14.6. The lowest BCUT2D eigenvalue weighted by atomic mass is 10.2. The van der Waals surface area contributed by atoms with Gasteiger partial charge in [-0.2, -0.15) is 4.31 Å². The zero-order valence-corrected chi connectivity index (χ0v) is 16.2. The third-order valence-electron chi connectivity index (χ3n) is 4.41. The van der Waals surface area contributed by atoms with Gasteiger partial charge in [-0.05, 0) is 47.2 Å². The molecule has 0 amide bonds. The minimum atomic E-state index is -3.55. The van der Waals surface area contributed by atoms with Gasteiger partial charge in [0, 0.05) is 25.9 Å². The van der Waals surface area contributed by atoms with E-state index in [0.717, 1.165) is 19.4 Å². The van der Waals surface area contributed by atoms with Crippen molar-refractivity contribution >= 4 is 21.8 Å². The highest BCUT2D eigenvalue weighted by Crippen LogP contribution is 2.26. The van der Waals surface area contributed by atoms with E-state index in [-0.39, 0.29) is 11.0 Å². The molecular formula is C15H20N6O4S2. The van der Waals surface area contributed by atoms with Crippen LogP contribution in [0.3, 0.4) is 0 Å². The standard InChI is InChI=1S/C15H20N6O4S2/c22-27(23,20-5-8-24-9-6-20)13-3-4-14(16-10-13)26-15-17-18-19-21(15)11-12-2-1-7-25-12/h3-4,10,12H,1-2,5-9,11H2/t12-/m1/s1. The first-order valence-corrected chi connectivity index (χ1v) is 11.0. The maximum absolute atomic E-state index is 12.6. The Labute approximate surface area is 161 Å². The fraction of sp³-hybridized carbons (Fsp3) is 0.600. The summed E-state index contributed by atoms with van der Waals surface area (Å²) in [5, 5.41) is 13.0. The number of hydrogen-bond donors (Lipinski definition) is 0. The molecule has 4 rings (SSSR count). The number of hydrogen-bond acceptors (Lipinski definition) is 9. The first kappa shape index (κ1) is 18.7. The molecule has 2 saturated heterocycles. The normalized spacial score (nSPS) is 21.6. The van der Waals surface area contributed by atoms with Gasteiger partial charge in [-0.15, -0.1) is 5.10 Å². The van der Waals surface area contributed by atoms with Crippen molar-refractivity contribution < 1.29 is 17.9 Å². The summed E-state index contributed by atoms with van der Waals surface area (Å²) < 4.78 is 39.2. The van der Waals surface area contributed by atoms with Gasteiger partial charge < -0.3 is 9.47 Å². The molecule has 146 valence electrons. The summed E-state index contributed by atoms with van der Waals surface area (Å²) in [5.74, 6) is 0. The minimum Gasteiger partial charge on any atom is -0.379 e. The largest absolute Gasteiger partial charge is 0.379 e. The van der Waals surface area contributed by atoms with Crippen molar-refractivity contribution in [3.8, 4) is 0 Å². The van der Waals surface area contributed by atoms with E-state index in [4.69, 9.17) is 9.47 Å². The molecule has 27 heavy (non-hydrogen) atoms. The summed E-state index contributed by atoms with van der Waals surface area (Å²) in [7, 11) is -3.55. The second kappa shape index (κ2) is 8.19. The fourth-order valence-electron chi connectivity index (χ4n) is 2.97. The van der Waals surface area contributed by atoms with Crippen molar-refractivity contribution in [2.45, 2.75) is 40.6 Å². The zero-order chi connectivity index (χ0) is 18.7. The van der Waals surface area contributed by atoms with E-state index in [1.165, 1.54) is 22.3 Å². The Morgan fingerprint density at radius 2 is 2.07 bits per heavy atom. The molecule has 2 aromatic heterocycles. The lowest BCUT2D eigenvalue weighted by Crippen LogP contribution is -2.40. The molecule has 12 heteroatoms. The van der Waals surface area contributed by atoms with Gasteiger partial charge in [0.2, 0.25) is 15.2 Å². The van der Waals surface area contributed by atoms with Crippen LogP contribution in [0.15, 0.2) is 33.4 Å². The van der Waals surface area contributed by atoms with Gasteiger partial charge in [0.05, 0.1) is 25.9 Å². The quantitative estimate of drug-likeness (QED) is 0.666. The Balaban J connectivity index is 1.44. The molecule has 2 aromatic rings. The molecule has 10 nitrogen and oxygen atoms in total. The highest BCUT2D eigenvalue weighted by atomic mass is 32.2. The maximum Gasteiger partial charge on any atom is 0.244 e.